The van der Waals surface area contributed by atoms with E-state index in [9.17, 15) is 4.79 Å². The maximum atomic E-state index is 12.2. The quantitative estimate of drug-likeness (QED) is 0.752. The topological polar surface area (TPSA) is 55.6 Å². The first-order valence-corrected chi connectivity index (χ1v) is 6.56. The molecule has 0 bridgehead atoms. The Hall–Kier alpha value is -0.680. The van der Waals surface area contributed by atoms with E-state index < -0.39 is 0 Å². The molecule has 1 amide bonds. The van der Waals surface area contributed by atoms with Crippen LogP contribution in [0.2, 0.25) is 0 Å². The van der Waals surface area contributed by atoms with Gasteiger partial charge in [-0.15, -0.1) is 0 Å². The average molecular weight is 258 g/mol. The summed E-state index contributed by atoms with van der Waals surface area (Å²) in [4.78, 5) is 14.5. The summed E-state index contributed by atoms with van der Waals surface area (Å²) in [6.07, 6.45) is 1.01. The van der Waals surface area contributed by atoms with Gasteiger partial charge in [0.05, 0.1) is 23.6 Å². The van der Waals surface area contributed by atoms with Crippen LogP contribution in [0.25, 0.3) is 0 Å². The zero-order chi connectivity index (χ0) is 13.0. The van der Waals surface area contributed by atoms with Crippen molar-refractivity contribution in [1.82, 2.24) is 4.90 Å². The first-order valence-electron chi connectivity index (χ1n) is 6.15. The Morgan fingerprint density at radius 1 is 1.65 bits per heavy atom. The molecule has 17 heavy (non-hydrogen) atoms. The molecule has 0 spiro atoms. The molecule has 1 aliphatic heterocycles. The highest BCUT2D eigenvalue weighted by atomic mass is 32.1. The third-order valence-electron chi connectivity index (χ3n) is 3.22. The van der Waals surface area contributed by atoms with Crippen LogP contribution in [0.1, 0.15) is 27.2 Å². The zero-order valence-corrected chi connectivity index (χ0v) is 11.6. The maximum Gasteiger partial charge on any atom is 0.228 e. The Balaban J connectivity index is 2.55. The summed E-state index contributed by atoms with van der Waals surface area (Å²) in [5.74, 6) is 0.233. The number of nitrogens with two attached hydrogens (primary N) is 1. The number of ether oxygens (including phenoxy) is 1. The lowest BCUT2D eigenvalue weighted by molar-refractivity contribution is -0.135. The van der Waals surface area contributed by atoms with Crippen LogP contribution in [0.5, 0.6) is 0 Å². The lowest BCUT2D eigenvalue weighted by atomic mass is 10.0. The molecule has 5 heteroatoms. The van der Waals surface area contributed by atoms with Crippen LogP contribution in [0.3, 0.4) is 0 Å². The van der Waals surface area contributed by atoms with Gasteiger partial charge in [0.1, 0.15) is 0 Å². The molecule has 1 rings (SSSR count). The Morgan fingerprint density at radius 3 is 2.71 bits per heavy atom. The molecule has 0 aliphatic carbocycles. The highest BCUT2D eigenvalue weighted by Crippen LogP contribution is 2.21. The molecule has 98 valence electrons. The Kier molecular flexibility index (Phi) is 5.33. The van der Waals surface area contributed by atoms with Crippen LogP contribution in [0.4, 0.5) is 0 Å². The van der Waals surface area contributed by atoms with Crippen LogP contribution in [0.15, 0.2) is 0 Å². The normalized spacial score (nSPS) is 25.6. The largest absolute Gasteiger partial charge is 0.393 e. The summed E-state index contributed by atoms with van der Waals surface area (Å²) in [5, 5.41) is 0. The van der Waals surface area contributed by atoms with Gasteiger partial charge in [-0.3, -0.25) is 4.79 Å². The van der Waals surface area contributed by atoms with Gasteiger partial charge in [-0.25, -0.2) is 0 Å². The van der Waals surface area contributed by atoms with Gasteiger partial charge < -0.3 is 15.4 Å². The summed E-state index contributed by atoms with van der Waals surface area (Å²) in [6.45, 7) is 7.76. The Bertz CT molecular complexity index is 296. The van der Waals surface area contributed by atoms with Crippen LogP contribution in [0, 0.1) is 11.8 Å². The van der Waals surface area contributed by atoms with Crippen molar-refractivity contribution in [2.75, 3.05) is 19.7 Å². The van der Waals surface area contributed by atoms with Gasteiger partial charge in [-0.1, -0.05) is 19.1 Å². The first kappa shape index (κ1) is 14.4. The van der Waals surface area contributed by atoms with E-state index in [0.29, 0.717) is 24.7 Å². The van der Waals surface area contributed by atoms with Crippen molar-refractivity contribution in [2.45, 2.75) is 33.3 Å². The summed E-state index contributed by atoms with van der Waals surface area (Å²) in [5.41, 5.74) is 5.58. The molecule has 0 aromatic rings. The van der Waals surface area contributed by atoms with E-state index in [4.69, 9.17) is 22.7 Å². The fourth-order valence-corrected chi connectivity index (χ4v) is 2.12. The van der Waals surface area contributed by atoms with Crippen LogP contribution < -0.4 is 5.73 Å². The summed E-state index contributed by atoms with van der Waals surface area (Å²) >= 11 is 4.94. The van der Waals surface area contributed by atoms with Crippen LogP contribution in [-0.4, -0.2) is 41.6 Å². The second kappa shape index (κ2) is 6.31. The predicted molar refractivity (Wildman–Crippen MR) is 71.7 cm³/mol. The van der Waals surface area contributed by atoms with Crippen LogP contribution in [-0.2, 0) is 9.53 Å². The molecule has 3 atom stereocenters. The summed E-state index contributed by atoms with van der Waals surface area (Å²) in [6, 6.07) is 0. The van der Waals surface area contributed by atoms with Crippen molar-refractivity contribution < 1.29 is 9.53 Å². The minimum atomic E-state index is 0.00324. The number of carbonyl (C=O) groups excluding carboxylic acids is 1. The van der Waals surface area contributed by atoms with Gasteiger partial charge in [0.25, 0.3) is 0 Å². The maximum absolute atomic E-state index is 12.2. The number of carbonyl (C=O) groups is 1. The second-order valence-corrected chi connectivity index (χ2v) is 5.23. The zero-order valence-electron chi connectivity index (χ0n) is 10.8. The standard InChI is InChI=1S/C12H22N2O2S/c1-4-14(6-8(2)11(13)17)12(15)10-5-9(3)16-7-10/h8-10H,4-7H2,1-3H3,(H2,13,17). The van der Waals surface area contributed by atoms with Gasteiger partial charge in [0.15, 0.2) is 0 Å². The smallest absolute Gasteiger partial charge is 0.228 e. The monoisotopic (exact) mass is 258 g/mol. The molecule has 2 N–H and O–H groups in total. The fraction of sp³-hybridized carbons (Fsp3) is 0.833. The molecular formula is C12H22N2O2S. The SMILES string of the molecule is CCN(CC(C)C(N)=S)C(=O)C1COC(C)C1. The highest BCUT2D eigenvalue weighted by molar-refractivity contribution is 7.80. The molecule has 3 unspecified atom stereocenters. The van der Waals surface area contributed by atoms with Gasteiger partial charge in [-0.05, 0) is 20.3 Å². The van der Waals surface area contributed by atoms with Crippen molar-refractivity contribution in [2.24, 2.45) is 17.6 Å². The van der Waals surface area contributed by atoms with Crippen molar-refractivity contribution in [3.8, 4) is 0 Å². The third-order valence-corrected chi connectivity index (χ3v) is 3.62. The van der Waals surface area contributed by atoms with E-state index >= 15 is 0 Å². The van der Waals surface area contributed by atoms with Crippen molar-refractivity contribution >= 4 is 23.1 Å². The lowest BCUT2D eigenvalue weighted by Crippen LogP contribution is -2.41. The van der Waals surface area contributed by atoms with Crippen LogP contribution >= 0.6 is 12.2 Å². The number of hydrogen-bond acceptors (Lipinski definition) is 3. The minimum Gasteiger partial charge on any atom is -0.393 e. The third kappa shape index (κ3) is 3.92. The van der Waals surface area contributed by atoms with E-state index in [1.165, 1.54) is 0 Å². The van der Waals surface area contributed by atoms with Crippen molar-refractivity contribution in [3.05, 3.63) is 0 Å². The lowest BCUT2D eigenvalue weighted by Gasteiger charge is -2.26. The Labute approximate surface area is 108 Å². The summed E-state index contributed by atoms with van der Waals surface area (Å²) in [7, 11) is 0. The van der Waals surface area contributed by atoms with Crippen molar-refractivity contribution in [1.29, 1.82) is 0 Å². The van der Waals surface area contributed by atoms with Gasteiger partial charge in [0.2, 0.25) is 5.91 Å². The van der Waals surface area contributed by atoms with Gasteiger partial charge in [-0.2, -0.15) is 0 Å². The molecule has 1 heterocycles. The molecular weight excluding hydrogens is 236 g/mol. The molecule has 0 saturated carbocycles. The van der Waals surface area contributed by atoms with E-state index in [-0.39, 0.29) is 23.8 Å². The fourth-order valence-electron chi connectivity index (χ4n) is 2.04. The average Bonchev–Trinajstić information content (AvgIpc) is 2.71. The minimum absolute atomic E-state index is 0.00324. The molecule has 0 aromatic heterocycles. The highest BCUT2D eigenvalue weighted by Gasteiger charge is 2.31. The van der Waals surface area contributed by atoms with E-state index in [1.807, 2.05) is 25.7 Å². The predicted octanol–water partition coefficient (Wildman–Crippen LogP) is 1.18. The number of rotatable bonds is 5. The van der Waals surface area contributed by atoms with E-state index in [2.05, 4.69) is 0 Å². The van der Waals surface area contributed by atoms with Gasteiger partial charge >= 0.3 is 0 Å². The molecule has 1 saturated heterocycles. The molecule has 0 aromatic carbocycles. The second-order valence-electron chi connectivity index (χ2n) is 4.76. The van der Waals surface area contributed by atoms with E-state index in [1.54, 1.807) is 0 Å². The molecule has 0 radical (unpaired) electrons. The number of hydrogen-bond donors (Lipinski definition) is 1. The molecule has 1 fully saturated rings. The number of amides is 1. The molecule has 1 aliphatic rings. The number of nitrogens with zero attached hydrogens (tertiary/aromatic N) is 1. The summed E-state index contributed by atoms with van der Waals surface area (Å²) < 4.78 is 5.44. The Morgan fingerprint density at radius 2 is 2.29 bits per heavy atom. The van der Waals surface area contributed by atoms with Gasteiger partial charge in [0, 0.05) is 19.0 Å². The first-order chi connectivity index (χ1) is 7.95. The molecule has 4 nitrogen and oxygen atoms in total. The van der Waals surface area contributed by atoms with Crippen molar-refractivity contribution in [3.63, 3.8) is 0 Å². The van der Waals surface area contributed by atoms with E-state index in [0.717, 1.165) is 6.42 Å². The number of thiocarbonyl (C=S) groups is 1.